The lowest BCUT2D eigenvalue weighted by Gasteiger charge is -2.28. The van der Waals surface area contributed by atoms with E-state index in [2.05, 4.69) is 0 Å². The Morgan fingerprint density at radius 1 is 1.16 bits per heavy atom. The number of esters is 3. The number of ether oxygens (including phenoxy) is 3. The molecular formula is C20H18N2O7S2. The van der Waals surface area contributed by atoms with Gasteiger partial charge in [-0.25, -0.2) is 14.4 Å². The maximum atomic E-state index is 13.2. The van der Waals surface area contributed by atoms with Gasteiger partial charge in [-0.2, -0.15) is 0 Å². The summed E-state index contributed by atoms with van der Waals surface area (Å²) in [7, 11) is 2.37. The molecule has 0 bridgehead atoms. The second kappa shape index (κ2) is 7.89. The lowest BCUT2D eigenvalue weighted by atomic mass is 10.1. The summed E-state index contributed by atoms with van der Waals surface area (Å²) < 4.78 is 15.1. The van der Waals surface area contributed by atoms with Gasteiger partial charge in [0.2, 0.25) is 5.91 Å². The summed E-state index contributed by atoms with van der Waals surface area (Å²) in [5, 5.41) is 0.0526. The summed E-state index contributed by atoms with van der Waals surface area (Å²) in [5.41, 5.74) is 6.65. The van der Waals surface area contributed by atoms with Crippen LogP contribution < -0.4 is 10.6 Å². The topological polar surface area (TPSA) is 125 Å². The van der Waals surface area contributed by atoms with E-state index < -0.39 is 29.4 Å². The van der Waals surface area contributed by atoms with Crippen molar-refractivity contribution < 1.29 is 33.4 Å². The molecule has 31 heavy (non-hydrogen) atoms. The van der Waals surface area contributed by atoms with E-state index in [1.165, 1.54) is 30.9 Å². The predicted octanol–water partition coefficient (Wildman–Crippen LogP) is 2.58. The zero-order valence-corrected chi connectivity index (χ0v) is 18.3. The Balaban J connectivity index is 1.65. The smallest absolute Gasteiger partial charge is 0.348 e. The summed E-state index contributed by atoms with van der Waals surface area (Å²) in [6.07, 6.45) is 0.492. The Morgan fingerprint density at radius 3 is 2.58 bits per heavy atom. The number of nitrogens with zero attached hydrogens (tertiary/aromatic N) is 1. The van der Waals surface area contributed by atoms with E-state index in [-0.39, 0.29) is 39.8 Å². The van der Waals surface area contributed by atoms with Crippen LogP contribution in [-0.2, 0) is 30.4 Å². The van der Waals surface area contributed by atoms with Gasteiger partial charge >= 0.3 is 17.9 Å². The minimum Gasteiger partial charge on any atom is -0.465 e. The molecule has 2 aliphatic heterocycles. The van der Waals surface area contributed by atoms with Gasteiger partial charge in [0.1, 0.15) is 22.0 Å². The van der Waals surface area contributed by atoms with E-state index in [4.69, 9.17) is 19.9 Å². The summed E-state index contributed by atoms with van der Waals surface area (Å²) >= 11 is 2.11. The number of nitrogen functional groups attached to an aromatic ring is 1. The average molecular weight is 463 g/mol. The first kappa shape index (κ1) is 21.2. The SMILES string of the molecule is COC(=O)c1sc(N)c(C(=O)OC)c1COC(=O)[C@]12CCC(=O)N1c1ccccc1S2. The normalized spacial score (nSPS) is 19.0. The number of fused-ring (bicyclic) bond motifs is 3. The van der Waals surface area contributed by atoms with Gasteiger partial charge in [0.25, 0.3) is 0 Å². The van der Waals surface area contributed by atoms with E-state index in [9.17, 15) is 19.2 Å². The number of rotatable bonds is 5. The molecule has 0 radical (unpaired) electrons. The van der Waals surface area contributed by atoms with Gasteiger partial charge in [-0.15, -0.1) is 11.3 Å². The number of anilines is 2. The van der Waals surface area contributed by atoms with E-state index in [0.29, 0.717) is 5.69 Å². The fraction of sp³-hybridized carbons (Fsp3) is 0.300. The highest BCUT2D eigenvalue weighted by Gasteiger charge is 2.58. The summed E-state index contributed by atoms with van der Waals surface area (Å²) in [6.45, 7) is -0.401. The lowest BCUT2D eigenvalue weighted by Crippen LogP contribution is -2.47. The fourth-order valence-corrected chi connectivity index (χ4v) is 6.12. The summed E-state index contributed by atoms with van der Waals surface area (Å²) in [4.78, 5) is 51.3. The molecule has 2 N–H and O–H groups in total. The number of thiophene rings is 1. The number of methoxy groups -OCH3 is 2. The Labute approximate surface area is 185 Å². The van der Waals surface area contributed by atoms with Crippen molar-refractivity contribution in [1.29, 1.82) is 0 Å². The number of amides is 1. The van der Waals surface area contributed by atoms with Crippen LogP contribution in [0.25, 0.3) is 0 Å². The second-order valence-corrected chi connectivity index (χ2v) is 9.16. The zero-order valence-electron chi connectivity index (χ0n) is 16.6. The number of carbonyl (C=O) groups is 4. The highest BCUT2D eigenvalue weighted by Crippen LogP contribution is 2.56. The fourth-order valence-electron chi connectivity index (χ4n) is 3.73. The zero-order chi connectivity index (χ0) is 22.3. The molecule has 1 amide bonds. The van der Waals surface area contributed by atoms with Crippen LogP contribution in [0.4, 0.5) is 10.7 Å². The molecule has 1 atom stereocenters. The molecule has 3 heterocycles. The molecule has 1 aromatic heterocycles. The van der Waals surface area contributed by atoms with Gasteiger partial charge in [-0.05, 0) is 12.1 Å². The molecule has 1 fully saturated rings. The first-order valence-corrected chi connectivity index (χ1v) is 10.8. The molecule has 0 spiro atoms. The van der Waals surface area contributed by atoms with Crippen LogP contribution in [0.1, 0.15) is 38.4 Å². The Hall–Kier alpha value is -3.05. The molecule has 0 unspecified atom stereocenters. The molecule has 4 rings (SSSR count). The monoisotopic (exact) mass is 462 g/mol. The van der Waals surface area contributed by atoms with Crippen LogP contribution in [0, 0.1) is 0 Å². The maximum Gasteiger partial charge on any atom is 0.348 e. The molecule has 162 valence electrons. The second-order valence-electron chi connectivity index (χ2n) is 6.79. The van der Waals surface area contributed by atoms with Crippen LogP contribution in [-0.4, -0.2) is 42.9 Å². The van der Waals surface area contributed by atoms with Crippen molar-refractivity contribution >= 4 is 57.6 Å². The van der Waals surface area contributed by atoms with Crippen molar-refractivity contribution in [3.05, 3.63) is 40.3 Å². The largest absolute Gasteiger partial charge is 0.465 e. The third-order valence-electron chi connectivity index (χ3n) is 5.13. The van der Waals surface area contributed by atoms with Crippen molar-refractivity contribution in [3.63, 3.8) is 0 Å². The lowest BCUT2D eigenvalue weighted by molar-refractivity contribution is -0.148. The van der Waals surface area contributed by atoms with Crippen molar-refractivity contribution in [2.45, 2.75) is 29.2 Å². The van der Waals surface area contributed by atoms with Gasteiger partial charge in [0, 0.05) is 23.3 Å². The summed E-state index contributed by atoms with van der Waals surface area (Å²) in [5.74, 6) is -2.28. The van der Waals surface area contributed by atoms with E-state index in [1.54, 1.807) is 12.1 Å². The standard InChI is InChI=1S/C20H18N2O7S2/c1-27-17(24)14-10(15(18(25)28-2)30-16(14)21)9-29-19(26)20-8-7-13(23)22(20)11-5-3-4-6-12(11)31-20/h3-6H,7-9,21H2,1-2H3/t20-/m1/s1. The van der Waals surface area contributed by atoms with E-state index in [0.717, 1.165) is 16.2 Å². The molecule has 2 aromatic rings. The minimum atomic E-state index is -1.22. The molecule has 0 aliphatic carbocycles. The molecular weight excluding hydrogens is 444 g/mol. The summed E-state index contributed by atoms with van der Waals surface area (Å²) in [6, 6.07) is 7.25. The van der Waals surface area contributed by atoms with Crippen molar-refractivity contribution in [2.24, 2.45) is 0 Å². The minimum absolute atomic E-state index is 0.0417. The number of thioether (sulfide) groups is 1. The third-order valence-corrected chi connectivity index (χ3v) is 7.63. The molecule has 0 saturated carbocycles. The Bertz CT molecular complexity index is 1110. The quantitative estimate of drug-likeness (QED) is 0.527. The molecule has 1 saturated heterocycles. The highest BCUT2D eigenvalue weighted by molar-refractivity contribution is 8.02. The van der Waals surface area contributed by atoms with Gasteiger partial charge in [-0.1, -0.05) is 23.9 Å². The number of hydrogen-bond donors (Lipinski definition) is 1. The Morgan fingerprint density at radius 2 is 1.87 bits per heavy atom. The molecule has 2 aliphatic rings. The third kappa shape index (κ3) is 3.24. The van der Waals surface area contributed by atoms with Crippen LogP contribution >= 0.6 is 23.1 Å². The van der Waals surface area contributed by atoms with Crippen LogP contribution in [0.5, 0.6) is 0 Å². The maximum absolute atomic E-state index is 13.2. The van der Waals surface area contributed by atoms with Crippen LogP contribution in [0.2, 0.25) is 0 Å². The van der Waals surface area contributed by atoms with Crippen LogP contribution in [0.15, 0.2) is 29.2 Å². The van der Waals surface area contributed by atoms with Gasteiger partial charge in [-0.3, -0.25) is 9.69 Å². The van der Waals surface area contributed by atoms with E-state index >= 15 is 0 Å². The van der Waals surface area contributed by atoms with Gasteiger partial charge in [0.15, 0.2) is 4.87 Å². The molecule has 9 nitrogen and oxygen atoms in total. The number of benzene rings is 1. The predicted molar refractivity (Wildman–Crippen MR) is 113 cm³/mol. The van der Waals surface area contributed by atoms with Gasteiger partial charge < -0.3 is 19.9 Å². The van der Waals surface area contributed by atoms with E-state index in [1.807, 2.05) is 12.1 Å². The Kier molecular flexibility index (Phi) is 5.40. The van der Waals surface area contributed by atoms with Crippen molar-refractivity contribution in [2.75, 3.05) is 24.9 Å². The van der Waals surface area contributed by atoms with Crippen LogP contribution in [0.3, 0.4) is 0 Å². The number of carbonyl (C=O) groups excluding carboxylic acids is 4. The average Bonchev–Trinajstić information content (AvgIpc) is 3.40. The molecule has 11 heteroatoms. The first-order valence-electron chi connectivity index (χ1n) is 9.20. The highest BCUT2D eigenvalue weighted by atomic mass is 32.2. The number of nitrogens with two attached hydrogens (primary N) is 1. The number of para-hydroxylation sites is 1. The number of hydrogen-bond acceptors (Lipinski definition) is 10. The first-order chi connectivity index (χ1) is 14.8. The van der Waals surface area contributed by atoms with Gasteiger partial charge in [0.05, 0.1) is 19.9 Å². The molecule has 1 aromatic carbocycles. The van der Waals surface area contributed by atoms with Crippen molar-refractivity contribution in [3.8, 4) is 0 Å². The van der Waals surface area contributed by atoms with Crippen molar-refractivity contribution in [1.82, 2.24) is 0 Å².